The molecular formula is C20H16O3. The molecule has 0 amide bonds. The van der Waals surface area contributed by atoms with Gasteiger partial charge in [-0.25, -0.2) is 0 Å². The molecule has 0 radical (unpaired) electrons. The molecule has 0 saturated heterocycles. The largest absolute Gasteiger partial charge is 0.508 e. The molecule has 0 aromatic heterocycles. The molecule has 1 heterocycles. The van der Waals surface area contributed by atoms with E-state index in [0.717, 1.165) is 34.4 Å². The van der Waals surface area contributed by atoms with E-state index in [2.05, 4.69) is 18.2 Å². The normalized spacial score (nSPS) is 12.7. The van der Waals surface area contributed by atoms with Gasteiger partial charge in [0.05, 0.1) is 0 Å². The van der Waals surface area contributed by atoms with Gasteiger partial charge in [-0.3, -0.25) is 0 Å². The summed E-state index contributed by atoms with van der Waals surface area (Å²) >= 11 is 0. The summed E-state index contributed by atoms with van der Waals surface area (Å²) in [5.74, 6) is 1.38. The Hall–Kier alpha value is -2.94. The third-order valence-electron chi connectivity index (χ3n) is 4.20. The van der Waals surface area contributed by atoms with Crippen LogP contribution in [-0.4, -0.2) is 10.2 Å². The van der Waals surface area contributed by atoms with Crippen LogP contribution >= 0.6 is 0 Å². The first kappa shape index (κ1) is 13.7. The van der Waals surface area contributed by atoms with Gasteiger partial charge in [0.25, 0.3) is 0 Å². The van der Waals surface area contributed by atoms with E-state index in [0.29, 0.717) is 12.2 Å². The van der Waals surface area contributed by atoms with Crippen LogP contribution in [0, 0.1) is 0 Å². The zero-order chi connectivity index (χ0) is 15.8. The highest BCUT2D eigenvalue weighted by molar-refractivity contribution is 5.66. The predicted molar refractivity (Wildman–Crippen MR) is 89.1 cm³/mol. The van der Waals surface area contributed by atoms with Gasteiger partial charge in [0.2, 0.25) is 0 Å². The molecule has 0 saturated carbocycles. The van der Waals surface area contributed by atoms with Crippen molar-refractivity contribution in [1.29, 1.82) is 0 Å². The van der Waals surface area contributed by atoms with E-state index >= 15 is 0 Å². The van der Waals surface area contributed by atoms with Gasteiger partial charge in [0.15, 0.2) is 0 Å². The molecule has 1 aliphatic heterocycles. The molecule has 0 aliphatic carbocycles. The lowest BCUT2D eigenvalue weighted by atomic mass is 9.99. The van der Waals surface area contributed by atoms with Gasteiger partial charge in [-0.1, -0.05) is 36.4 Å². The van der Waals surface area contributed by atoms with Crippen molar-refractivity contribution in [3.63, 3.8) is 0 Å². The van der Waals surface area contributed by atoms with Gasteiger partial charge in [-0.2, -0.15) is 0 Å². The molecule has 23 heavy (non-hydrogen) atoms. The van der Waals surface area contributed by atoms with Gasteiger partial charge in [0.1, 0.15) is 23.0 Å². The number of hydrogen-bond acceptors (Lipinski definition) is 3. The zero-order valence-electron chi connectivity index (χ0n) is 12.5. The van der Waals surface area contributed by atoms with E-state index in [1.54, 1.807) is 6.07 Å². The highest BCUT2D eigenvalue weighted by atomic mass is 16.5. The van der Waals surface area contributed by atoms with E-state index < -0.39 is 0 Å². The van der Waals surface area contributed by atoms with Crippen molar-refractivity contribution in [2.45, 2.75) is 12.8 Å². The molecule has 3 heteroatoms. The Morgan fingerprint density at radius 2 is 1.57 bits per heavy atom. The minimum Gasteiger partial charge on any atom is -0.508 e. The topological polar surface area (TPSA) is 49.7 Å². The number of aromatic hydroxyl groups is 2. The van der Waals surface area contributed by atoms with Crippen LogP contribution in [0.25, 0.3) is 11.1 Å². The average Bonchev–Trinajstić information content (AvgIpc) is 2.74. The summed E-state index contributed by atoms with van der Waals surface area (Å²) in [5, 5.41) is 19.7. The summed E-state index contributed by atoms with van der Waals surface area (Å²) in [5.41, 5.74) is 4.14. The SMILES string of the molecule is Oc1cc(O)c2c(c1)Oc1ccc(-c3ccccc3)cc1CC2. The first-order chi connectivity index (χ1) is 11.2. The summed E-state index contributed by atoms with van der Waals surface area (Å²) < 4.78 is 5.93. The number of phenolic OH excluding ortho intramolecular Hbond substituents is 2. The molecule has 3 aromatic rings. The fraction of sp³-hybridized carbons (Fsp3) is 0.100. The molecule has 114 valence electrons. The lowest BCUT2D eigenvalue weighted by Crippen LogP contribution is -1.90. The second-order valence-corrected chi connectivity index (χ2v) is 5.73. The molecule has 0 atom stereocenters. The van der Waals surface area contributed by atoms with Crippen LogP contribution in [0.1, 0.15) is 11.1 Å². The second-order valence-electron chi connectivity index (χ2n) is 5.73. The van der Waals surface area contributed by atoms with Gasteiger partial charge in [-0.05, 0) is 41.7 Å². The van der Waals surface area contributed by atoms with Crippen LogP contribution in [0.15, 0.2) is 60.7 Å². The predicted octanol–water partition coefficient (Wildman–Crippen LogP) is 4.66. The monoisotopic (exact) mass is 304 g/mol. The molecule has 0 bridgehead atoms. The van der Waals surface area contributed by atoms with E-state index in [9.17, 15) is 10.2 Å². The first-order valence-electron chi connectivity index (χ1n) is 7.62. The third kappa shape index (κ3) is 2.50. The van der Waals surface area contributed by atoms with E-state index in [-0.39, 0.29) is 11.5 Å². The second kappa shape index (κ2) is 5.36. The lowest BCUT2D eigenvalue weighted by molar-refractivity contribution is 0.427. The standard InChI is InChI=1S/C20H16O3/c21-16-11-18(22)17-8-6-15-10-14(13-4-2-1-3-5-13)7-9-19(15)23-20(17)12-16/h1-5,7,9-12,21-22H,6,8H2. The molecule has 3 aromatic carbocycles. The lowest BCUT2D eigenvalue weighted by Gasteiger charge is -2.11. The molecule has 0 unspecified atom stereocenters. The maximum absolute atomic E-state index is 10.0. The fourth-order valence-corrected chi connectivity index (χ4v) is 3.02. The molecule has 0 spiro atoms. The number of benzene rings is 3. The van der Waals surface area contributed by atoms with Crippen LogP contribution in [-0.2, 0) is 12.8 Å². The maximum atomic E-state index is 10.0. The summed E-state index contributed by atoms with van der Waals surface area (Å²) in [7, 11) is 0. The summed E-state index contributed by atoms with van der Waals surface area (Å²) in [6.45, 7) is 0. The molecule has 3 nitrogen and oxygen atoms in total. The van der Waals surface area contributed by atoms with Crippen LogP contribution in [0.4, 0.5) is 0 Å². The Morgan fingerprint density at radius 3 is 2.39 bits per heavy atom. The average molecular weight is 304 g/mol. The van der Waals surface area contributed by atoms with Crippen molar-refractivity contribution in [3.8, 4) is 34.1 Å². The number of hydrogen-bond donors (Lipinski definition) is 2. The zero-order valence-corrected chi connectivity index (χ0v) is 12.5. The fourth-order valence-electron chi connectivity index (χ4n) is 3.02. The highest BCUT2D eigenvalue weighted by Gasteiger charge is 2.19. The van der Waals surface area contributed by atoms with Crippen molar-refractivity contribution >= 4 is 0 Å². The van der Waals surface area contributed by atoms with Crippen molar-refractivity contribution in [1.82, 2.24) is 0 Å². The van der Waals surface area contributed by atoms with Crippen LogP contribution in [0.3, 0.4) is 0 Å². The van der Waals surface area contributed by atoms with E-state index in [4.69, 9.17) is 4.74 Å². The van der Waals surface area contributed by atoms with E-state index in [1.165, 1.54) is 6.07 Å². The molecule has 1 aliphatic rings. The van der Waals surface area contributed by atoms with Crippen molar-refractivity contribution in [2.24, 2.45) is 0 Å². The number of rotatable bonds is 1. The summed E-state index contributed by atoms with van der Waals surface area (Å²) in [6.07, 6.45) is 1.45. The van der Waals surface area contributed by atoms with Gasteiger partial charge in [0, 0.05) is 17.7 Å². The number of aryl methyl sites for hydroxylation is 1. The molecule has 0 fully saturated rings. The van der Waals surface area contributed by atoms with Crippen molar-refractivity contribution in [2.75, 3.05) is 0 Å². The van der Waals surface area contributed by atoms with Gasteiger partial charge in [-0.15, -0.1) is 0 Å². The van der Waals surface area contributed by atoms with Crippen LogP contribution in [0.5, 0.6) is 23.0 Å². The Labute approximate surface area is 134 Å². The minimum atomic E-state index is 0.00519. The Bertz CT molecular complexity index is 870. The minimum absolute atomic E-state index is 0.00519. The maximum Gasteiger partial charge on any atom is 0.138 e. The molecule has 2 N–H and O–H groups in total. The first-order valence-corrected chi connectivity index (χ1v) is 7.62. The smallest absolute Gasteiger partial charge is 0.138 e. The van der Waals surface area contributed by atoms with Gasteiger partial charge < -0.3 is 14.9 Å². The van der Waals surface area contributed by atoms with Crippen molar-refractivity contribution in [3.05, 3.63) is 71.8 Å². The molecular weight excluding hydrogens is 288 g/mol. The summed E-state index contributed by atoms with van der Waals surface area (Å²) in [6, 6.07) is 19.2. The van der Waals surface area contributed by atoms with E-state index in [1.807, 2.05) is 30.3 Å². The Morgan fingerprint density at radius 1 is 0.739 bits per heavy atom. The van der Waals surface area contributed by atoms with Crippen LogP contribution < -0.4 is 4.74 Å². The number of phenols is 2. The van der Waals surface area contributed by atoms with Crippen LogP contribution in [0.2, 0.25) is 0 Å². The highest BCUT2D eigenvalue weighted by Crippen LogP contribution is 2.41. The van der Waals surface area contributed by atoms with Gasteiger partial charge >= 0.3 is 0 Å². The molecule has 4 rings (SSSR count). The quantitative estimate of drug-likeness (QED) is 0.687. The summed E-state index contributed by atoms with van der Waals surface area (Å²) in [4.78, 5) is 0. The third-order valence-corrected chi connectivity index (χ3v) is 4.20. The number of ether oxygens (including phenoxy) is 1. The Kier molecular flexibility index (Phi) is 3.19. The van der Waals surface area contributed by atoms with Crippen molar-refractivity contribution < 1.29 is 14.9 Å². The Balaban J connectivity index is 1.76. The number of fused-ring (bicyclic) bond motifs is 2.